The van der Waals surface area contributed by atoms with E-state index in [1.165, 1.54) is 4.90 Å². The van der Waals surface area contributed by atoms with E-state index in [9.17, 15) is 9.59 Å². The molecule has 2 heterocycles. The topological polar surface area (TPSA) is 76.5 Å². The number of rotatable bonds is 4. The van der Waals surface area contributed by atoms with Crippen LogP contribution >= 0.6 is 0 Å². The molecule has 0 fully saturated rings. The first-order valence-electron chi connectivity index (χ1n) is 9.41. The fourth-order valence-corrected chi connectivity index (χ4v) is 3.32. The van der Waals surface area contributed by atoms with Crippen LogP contribution in [0.1, 0.15) is 21.6 Å². The fourth-order valence-electron chi connectivity index (χ4n) is 3.32. The average molecular weight is 390 g/mol. The number of aryl methyl sites for hydroxylation is 1. The molecule has 1 atom stereocenters. The lowest BCUT2D eigenvalue weighted by Gasteiger charge is -2.20. The number of carbonyl (C=O) groups excluding carboxylic acids is 2. The summed E-state index contributed by atoms with van der Waals surface area (Å²) in [6, 6.07) is 16.2. The molecule has 29 heavy (non-hydrogen) atoms. The first-order chi connectivity index (χ1) is 14.0. The quantitative estimate of drug-likeness (QED) is 0.742. The normalized spacial score (nSPS) is 16.0. The molecule has 3 aromatic rings. The second kappa shape index (κ2) is 7.79. The molecular weight excluding hydrogens is 368 g/mol. The lowest BCUT2D eigenvalue weighted by Crippen LogP contribution is -2.49. The summed E-state index contributed by atoms with van der Waals surface area (Å²) < 4.78 is 7.45. The summed E-state index contributed by atoms with van der Waals surface area (Å²) in [5.74, 6) is -0.0277. The van der Waals surface area contributed by atoms with Crippen molar-refractivity contribution in [2.24, 2.45) is 0 Å². The second-order valence-corrected chi connectivity index (χ2v) is 7.03. The Balaban J connectivity index is 1.45. The van der Waals surface area contributed by atoms with Crippen LogP contribution in [0.5, 0.6) is 5.75 Å². The van der Waals surface area contributed by atoms with Crippen LogP contribution in [0.2, 0.25) is 0 Å². The van der Waals surface area contributed by atoms with E-state index in [0.29, 0.717) is 18.0 Å². The molecule has 148 valence electrons. The average Bonchev–Trinajstić information content (AvgIpc) is 3.16. The van der Waals surface area contributed by atoms with Crippen LogP contribution in [0.3, 0.4) is 0 Å². The van der Waals surface area contributed by atoms with Crippen LogP contribution in [0.15, 0.2) is 60.8 Å². The number of nitrogens with one attached hydrogen (secondary N) is 1. The Kier molecular flexibility index (Phi) is 5.03. The van der Waals surface area contributed by atoms with Crippen molar-refractivity contribution in [2.45, 2.75) is 19.5 Å². The highest BCUT2D eigenvalue weighted by atomic mass is 16.5. The van der Waals surface area contributed by atoms with Gasteiger partial charge in [-0.3, -0.25) is 14.3 Å². The Bertz CT molecular complexity index is 1060. The van der Waals surface area contributed by atoms with E-state index >= 15 is 0 Å². The maximum absolute atomic E-state index is 12.8. The summed E-state index contributed by atoms with van der Waals surface area (Å²) in [6.07, 6.45) is 1.76. The van der Waals surface area contributed by atoms with Crippen LogP contribution in [0.25, 0.3) is 0 Å². The van der Waals surface area contributed by atoms with Gasteiger partial charge in [0.15, 0.2) is 0 Å². The monoisotopic (exact) mass is 390 g/mol. The summed E-state index contributed by atoms with van der Waals surface area (Å²) in [7, 11) is 1.67. The summed E-state index contributed by atoms with van der Waals surface area (Å²) in [4.78, 5) is 26.9. The zero-order chi connectivity index (χ0) is 20.4. The number of para-hydroxylation sites is 2. The molecular formula is C22H22N4O3. The zero-order valence-corrected chi connectivity index (χ0v) is 16.3. The Hall–Kier alpha value is -3.61. The van der Waals surface area contributed by atoms with Gasteiger partial charge in [0.25, 0.3) is 11.8 Å². The number of ether oxygens (including phenoxy) is 1. The highest BCUT2D eigenvalue weighted by molar-refractivity contribution is 6.02. The molecule has 1 aliphatic heterocycles. The molecule has 2 amide bonds. The van der Waals surface area contributed by atoms with Gasteiger partial charge in [-0.15, -0.1) is 0 Å². The molecule has 0 radical (unpaired) electrons. The number of aromatic nitrogens is 2. The number of likely N-dealkylation sites (N-methyl/N-ethyl adjacent to an activating group) is 1. The molecule has 0 saturated heterocycles. The van der Waals surface area contributed by atoms with Gasteiger partial charge in [-0.1, -0.05) is 36.4 Å². The third-order valence-electron chi connectivity index (χ3n) is 5.03. The highest BCUT2D eigenvalue weighted by Gasteiger charge is 2.31. The van der Waals surface area contributed by atoms with E-state index in [0.717, 1.165) is 11.1 Å². The van der Waals surface area contributed by atoms with E-state index in [2.05, 4.69) is 10.4 Å². The smallest absolute Gasteiger partial charge is 0.272 e. The van der Waals surface area contributed by atoms with Gasteiger partial charge >= 0.3 is 0 Å². The number of hydrogen-bond donors (Lipinski definition) is 1. The number of carbonyl (C=O) groups is 2. The Morgan fingerprint density at radius 3 is 2.76 bits per heavy atom. The second-order valence-electron chi connectivity index (χ2n) is 7.03. The molecule has 1 N–H and O–H groups in total. The fraction of sp³-hybridized carbons (Fsp3) is 0.227. The van der Waals surface area contributed by atoms with Gasteiger partial charge in [0.1, 0.15) is 24.1 Å². The van der Waals surface area contributed by atoms with Gasteiger partial charge < -0.3 is 15.0 Å². The number of amides is 2. The number of benzene rings is 2. The van der Waals surface area contributed by atoms with Gasteiger partial charge in [0.05, 0.1) is 12.2 Å². The largest absolute Gasteiger partial charge is 0.489 e. The van der Waals surface area contributed by atoms with Gasteiger partial charge in [0, 0.05) is 13.2 Å². The Labute approximate surface area is 168 Å². The van der Waals surface area contributed by atoms with Crippen LogP contribution < -0.4 is 15.0 Å². The first-order valence-corrected chi connectivity index (χ1v) is 9.41. The highest BCUT2D eigenvalue weighted by Crippen LogP contribution is 2.29. The van der Waals surface area contributed by atoms with Crippen LogP contribution in [0, 0.1) is 6.92 Å². The van der Waals surface area contributed by atoms with Gasteiger partial charge in [0.2, 0.25) is 0 Å². The maximum Gasteiger partial charge on any atom is 0.272 e. The maximum atomic E-state index is 12.8. The van der Waals surface area contributed by atoms with Crippen molar-refractivity contribution in [1.82, 2.24) is 15.1 Å². The van der Waals surface area contributed by atoms with Gasteiger partial charge in [-0.05, 0) is 36.2 Å². The summed E-state index contributed by atoms with van der Waals surface area (Å²) in [5.41, 5.74) is 3.24. The van der Waals surface area contributed by atoms with E-state index in [4.69, 9.17) is 4.74 Å². The van der Waals surface area contributed by atoms with Crippen molar-refractivity contribution in [3.63, 3.8) is 0 Å². The zero-order valence-electron chi connectivity index (χ0n) is 16.3. The van der Waals surface area contributed by atoms with Gasteiger partial charge in [-0.2, -0.15) is 5.10 Å². The molecule has 4 rings (SSSR count). The molecule has 0 bridgehead atoms. The number of nitrogens with zero attached hydrogens (tertiary/aromatic N) is 3. The SMILES string of the molecule is Cc1ccccc1Cn1ccc(C(=O)NC2COc3ccccc3N(C)C2=O)n1. The lowest BCUT2D eigenvalue weighted by atomic mass is 10.1. The number of anilines is 1. The van der Waals surface area contributed by atoms with Crippen molar-refractivity contribution in [1.29, 1.82) is 0 Å². The summed E-state index contributed by atoms with van der Waals surface area (Å²) >= 11 is 0. The molecule has 7 nitrogen and oxygen atoms in total. The van der Waals surface area contributed by atoms with Crippen LogP contribution in [-0.2, 0) is 11.3 Å². The van der Waals surface area contributed by atoms with E-state index in [1.807, 2.05) is 49.4 Å². The molecule has 1 unspecified atom stereocenters. The van der Waals surface area contributed by atoms with Gasteiger partial charge in [-0.25, -0.2) is 0 Å². The molecule has 0 spiro atoms. The predicted molar refractivity (Wildman–Crippen MR) is 109 cm³/mol. The number of hydrogen-bond acceptors (Lipinski definition) is 4. The predicted octanol–water partition coefficient (Wildman–Crippen LogP) is 2.39. The molecule has 0 saturated carbocycles. The van der Waals surface area contributed by atoms with Crippen LogP contribution in [-0.4, -0.2) is 41.3 Å². The minimum Gasteiger partial charge on any atom is -0.489 e. The van der Waals surface area contributed by atoms with Crippen LogP contribution in [0.4, 0.5) is 5.69 Å². The van der Waals surface area contributed by atoms with Crippen molar-refractivity contribution in [3.8, 4) is 5.75 Å². The molecule has 7 heteroatoms. The van der Waals surface area contributed by atoms with E-state index in [1.54, 1.807) is 30.1 Å². The Morgan fingerprint density at radius 1 is 1.17 bits per heavy atom. The molecule has 0 aliphatic carbocycles. The third-order valence-corrected chi connectivity index (χ3v) is 5.03. The summed E-state index contributed by atoms with van der Waals surface area (Å²) in [6.45, 7) is 2.68. The lowest BCUT2D eigenvalue weighted by molar-refractivity contribution is -0.120. The van der Waals surface area contributed by atoms with Crippen molar-refractivity contribution in [2.75, 3.05) is 18.6 Å². The number of fused-ring (bicyclic) bond motifs is 1. The molecule has 2 aromatic carbocycles. The summed E-state index contributed by atoms with van der Waals surface area (Å²) in [5, 5.41) is 7.11. The Morgan fingerprint density at radius 2 is 1.93 bits per heavy atom. The minimum atomic E-state index is -0.790. The van der Waals surface area contributed by atoms with Crippen molar-refractivity contribution < 1.29 is 14.3 Å². The standard InChI is InChI=1S/C22H22N4O3/c1-15-7-3-4-8-16(15)13-26-12-11-17(24-26)21(27)23-18-14-29-20-10-6-5-9-19(20)25(2)22(18)28/h3-12,18H,13-14H2,1-2H3,(H,23,27). The molecule has 1 aliphatic rings. The van der Waals surface area contributed by atoms with E-state index < -0.39 is 11.9 Å². The minimum absolute atomic E-state index is 0.0653. The first kappa shape index (κ1) is 18.7. The van der Waals surface area contributed by atoms with Crippen molar-refractivity contribution in [3.05, 3.63) is 77.6 Å². The van der Waals surface area contributed by atoms with E-state index in [-0.39, 0.29) is 18.2 Å². The van der Waals surface area contributed by atoms with Crippen molar-refractivity contribution >= 4 is 17.5 Å². The molecule has 1 aromatic heterocycles. The third kappa shape index (κ3) is 3.85.